The molecule has 0 saturated heterocycles. The topological polar surface area (TPSA) is 53.0 Å². The van der Waals surface area contributed by atoms with Gasteiger partial charge in [-0.15, -0.1) is 0 Å². The van der Waals surface area contributed by atoms with Crippen molar-refractivity contribution in [3.63, 3.8) is 0 Å². The van der Waals surface area contributed by atoms with Crippen molar-refractivity contribution in [2.75, 3.05) is 0 Å². The highest BCUT2D eigenvalue weighted by Crippen LogP contribution is 2.37. The summed E-state index contributed by atoms with van der Waals surface area (Å²) in [5.41, 5.74) is 3.07. The molecule has 3 nitrogen and oxygen atoms in total. The molecule has 26 heavy (non-hydrogen) atoms. The van der Waals surface area contributed by atoms with Crippen LogP contribution < -0.4 is 5.11 Å². The van der Waals surface area contributed by atoms with Gasteiger partial charge >= 0.3 is 0 Å². The molecule has 0 radical (unpaired) electrons. The Morgan fingerprint density at radius 2 is 1.96 bits per heavy atom. The molecule has 3 aromatic rings. The third kappa shape index (κ3) is 2.76. The summed E-state index contributed by atoms with van der Waals surface area (Å²) in [4.78, 5) is 16.5. The van der Waals surface area contributed by atoms with Gasteiger partial charge in [-0.3, -0.25) is 0 Å². The van der Waals surface area contributed by atoms with Crippen LogP contribution in [0.2, 0.25) is 5.02 Å². The van der Waals surface area contributed by atoms with E-state index in [1.54, 1.807) is 42.5 Å². The molecule has 0 aliphatic heterocycles. The normalized spacial score (nSPS) is 15.2. The van der Waals surface area contributed by atoms with E-state index in [0.717, 1.165) is 12.0 Å². The summed E-state index contributed by atoms with van der Waals surface area (Å²) in [6.45, 7) is 0. The molecule has 0 fully saturated rings. The van der Waals surface area contributed by atoms with E-state index in [-0.39, 0.29) is 5.56 Å². The van der Waals surface area contributed by atoms with Crippen LogP contribution in [0.25, 0.3) is 22.6 Å². The fourth-order valence-electron chi connectivity index (χ4n) is 3.53. The summed E-state index contributed by atoms with van der Waals surface area (Å²) < 4.78 is 14.2. The van der Waals surface area contributed by atoms with Gasteiger partial charge < -0.3 is 9.90 Å². The van der Waals surface area contributed by atoms with Gasteiger partial charge in [-0.05, 0) is 54.7 Å². The number of fused-ring (bicyclic) bond motifs is 2. The molecule has 0 amide bonds. The summed E-state index contributed by atoms with van der Waals surface area (Å²) in [5, 5.41) is 12.7. The Morgan fingerprint density at radius 1 is 1.15 bits per heavy atom. The average molecular weight is 367 g/mol. The van der Waals surface area contributed by atoms with Gasteiger partial charge in [0.1, 0.15) is 5.82 Å². The highest BCUT2D eigenvalue weighted by atomic mass is 35.5. The lowest BCUT2D eigenvalue weighted by atomic mass is 9.86. The fraction of sp³-hybridized carbons (Fsp3) is 0.143. The van der Waals surface area contributed by atoms with Crippen molar-refractivity contribution in [1.82, 2.24) is 4.98 Å². The lowest BCUT2D eigenvalue weighted by Gasteiger charge is -2.23. The van der Waals surface area contributed by atoms with Crippen LogP contribution in [0.5, 0.6) is 0 Å². The van der Waals surface area contributed by atoms with Gasteiger partial charge in [0.25, 0.3) is 0 Å². The first-order valence-corrected chi connectivity index (χ1v) is 8.72. The van der Waals surface area contributed by atoms with Crippen LogP contribution in [0.3, 0.4) is 0 Å². The third-order valence-electron chi connectivity index (χ3n) is 4.69. The first kappa shape index (κ1) is 16.7. The molecular weight excluding hydrogens is 353 g/mol. The van der Waals surface area contributed by atoms with Crippen molar-refractivity contribution < 1.29 is 14.3 Å². The average Bonchev–Trinajstić information content (AvgIpc) is 2.62. The molecule has 1 aromatic heterocycles. The molecule has 2 aromatic carbocycles. The maximum Gasteiger partial charge on any atom is 0.131 e. The second kappa shape index (κ2) is 6.54. The van der Waals surface area contributed by atoms with Crippen molar-refractivity contribution in [2.24, 2.45) is 0 Å². The Morgan fingerprint density at radius 3 is 2.73 bits per heavy atom. The number of para-hydroxylation sites is 1. The van der Waals surface area contributed by atoms with E-state index in [4.69, 9.17) is 11.6 Å². The molecule has 4 rings (SSSR count). The number of halogens is 2. The van der Waals surface area contributed by atoms with Crippen molar-refractivity contribution in [2.45, 2.75) is 19.3 Å². The maximum absolute atomic E-state index is 14.2. The van der Waals surface area contributed by atoms with E-state index < -0.39 is 11.8 Å². The van der Waals surface area contributed by atoms with Gasteiger partial charge in [0.05, 0.1) is 22.2 Å². The zero-order valence-electron chi connectivity index (χ0n) is 13.8. The number of nitrogens with zero attached hydrogens (tertiary/aromatic N) is 1. The number of aromatic carboxylic acids is 1. The lowest BCUT2D eigenvalue weighted by molar-refractivity contribution is -0.254. The Kier molecular flexibility index (Phi) is 4.21. The van der Waals surface area contributed by atoms with Gasteiger partial charge in [0, 0.05) is 16.5 Å². The van der Waals surface area contributed by atoms with E-state index in [2.05, 4.69) is 4.98 Å². The highest BCUT2D eigenvalue weighted by Gasteiger charge is 2.22. The van der Waals surface area contributed by atoms with Gasteiger partial charge in [-0.1, -0.05) is 35.9 Å². The van der Waals surface area contributed by atoms with Gasteiger partial charge in [-0.2, -0.15) is 0 Å². The van der Waals surface area contributed by atoms with E-state index in [9.17, 15) is 14.3 Å². The first-order valence-electron chi connectivity index (χ1n) is 8.34. The van der Waals surface area contributed by atoms with E-state index in [1.165, 1.54) is 6.07 Å². The Labute approximate surface area is 154 Å². The fourth-order valence-corrected chi connectivity index (χ4v) is 3.75. The molecule has 0 unspecified atom stereocenters. The van der Waals surface area contributed by atoms with E-state index in [0.29, 0.717) is 45.6 Å². The van der Waals surface area contributed by atoms with E-state index in [1.807, 2.05) is 0 Å². The van der Waals surface area contributed by atoms with Crippen molar-refractivity contribution >= 4 is 40.1 Å². The number of carbonyl (C=O) groups excluding carboxylic acids is 1. The second-order valence-corrected chi connectivity index (χ2v) is 6.68. The largest absolute Gasteiger partial charge is 0.545 e. The number of allylic oxidation sites excluding steroid dienone is 1. The van der Waals surface area contributed by atoms with Crippen LogP contribution in [0.15, 0.2) is 42.5 Å². The minimum atomic E-state index is -1.22. The minimum absolute atomic E-state index is 0.177. The van der Waals surface area contributed by atoms with Gasteiger partial charge in [-0.25, -0.2) is 9.37 Å². The number of hydrogen-bond donors (Lipinski definition) is 0. The number of hydrogen-bond acceptors (Lipinski definition) is 3. The summed E-state index contributed by atoms with van der Waals surface area (Å²) in [6, 6.07) is 11.6. The zero-order valence-corrected chi connectivity index (χ0v) is 14.5. The molecule has 1 heterocycles. The van der Waals surface area contributed by atoms with Crippen LogP contribution in [0, 0.1) is 5.82 Å². The van der Waals surface area contributed by atoms with Gasteiger partial charge in [0.15, 0.2) is 0 Å². The quantitative estimate of drug-likeness (QED) is 0.680. The maximum atomic E-state index is 14.2. The van der Waals surface area contributed by atoms with Crippen molar-refractivity contribution in [1.29, 1.82) is 0 Å². The number of carboxylic acid groups (broad SMARTS) is 1. The number of carboxylic acids is 1. The van der Waals surface area contributed by atoms with E-state index >= 15 is 0 Å². The Bertz CT molecular complexity index is 1050. The summed E-state index contributed by atoms with van der Waals surface area (Å²) in [6.07, 6.45) is 3.70. The molecule has 1 aliphatic rings. The molecule has 1 aliphatic carbocycles. The van der Waals surface area contributed by atoms with Crippen LogP contribution in [0.4, 0.5) is 4.39 Å². The number of benzene rings is 2. The molecular formula is C21H14ClFNO2-. The summed E-state index contributed by atoms with van der Waals surface area (Å²) >= 11 is 6.14. The standard InChI is InChI=1S/C21H15ClFNO2/c22-16-8-4-9-17(23)15(16)11-12-5-3-7-14-19(21(25)26)13-6-1-2-10-18(13)24-20(12)14/h1-2,4,6,8-11H,3,5,7H2,(H,25,26)/p-1/b12-11+. The molecule has 0 bridgehead atoms. The highest BCUT2D eigenvalue weighted by molar-refractivity contribution is 6.32. The Balaban J connectivity index is 2.00. The number of rotatable bonds is 2. The van der Waals surface area contributed by atoms with Crippen LogP contribution in [-0.4, -0.2) is 11.0 Å². The van der Waals surface area contributed by atoms with Crippen molar-refractivity contribution in [3.05, 3.63) is 75.7 Å². The SMILES string of the molecule is O=C([O-])c1c2c(nc3ccccc13)/C(=C/c1c(F)cccc1Cl)CCC2. The zero-order chi connectivity index (χ0) is 18.3. The monoisotopic (exact) mass is 366 g/mol. The number of carbonyl (C=O) groups is 1. The van der Waals surface area contributed by atoms with Gasteiger partial charge in [0.2, 0.25) is 0 Å². The smallest absolute Gasteiger partial charge is 0.131 e. The Hall–Kier alpha value is -2.72. The van der Waals surface area contributed by atoms with Crippen molar-refractivity contribution in [3.8, 4) is 0 Å². The number of pyridine rings is 1. The van der Waals surface area contributed by atoms with Crippen LogP contribution >= 0.6 is 11.6 Å². The van der Waals surface area contributed by atoms with Crippen LogP contribution in [0.1, 0.15) is 40.0 Å². The third-order valence-corrected chi connectivity index (χ3v) is 5.02. The summed E-state index contributed by atoms with van der Waals surface area (Å²) in [5.74, 6) is -1.64. The number of aromatic nitrogens is 1. The molecule has 0 saturated carbocycles. The minimum Gasteiger partial charge on any atom is -0.545 e. The molecule has 5 heteroatoms. The molecule has 0 N–H and O–H groups in total. The molecule has 0 spiro atoms. The molecule has 0 atom stereocenters. The second-order valence-electron chi connectivity index (χ2n) is 6.28. The predicted molar refractivity (Wildman–Crippen MR) is 98.3 cm³/mol. The van der Waals surface area contributed by atoms with Crippen LogP contribution in [-0.2, 0) is 6.42 Å². The first-order chi connectivity index (χ1) is 12.6. The lowest BCUT2D eigenvalue weighted by Crippen LogP contribution is -2.26. The molecule has 130 valence electrons. The summed E-state index contributed by atoms with van der Waals surface area (Å²) in [7, 11) is 0. The predicted octanol–water partition coefficient (Wildman–Crippen LogP) is 4.27.